The Balaban J connectivity index is 2.25. The van der Waals surface area contributed by atoms with E-state index in [0.717, 1.165) is 32.8 Å². The number of rotatable bonds is 1. The molecule has 0 unspecified atom stereocenters. The van der Waals surface area contributed by atoms with E-state index in [1.807, 2.05) is 24.4 Å². The largest absolute Gasteiger partial charge is 0.291 e. The average Bonchev–Trinajstić information content (AvgIpc) is 2.81. The van der Waals surface area contributed by atoms with Crippen LogP contribution in [-0.2, 0) is 0 Å². The van der Waals surface area contributed by atoms with Gasteiger partial charge in [0.05, 0.1) is 5.69 Å². The third-order valence-corrected chi connectivity index (χ3v) is 3.93. The summed E-state index contributed by atoms with van der Waals surface area (Å²) in [6.07, 6.45) is 0. The molecular formula is C15H15N3S. The summed E-state index contributed by atoms with van der Waals surface area (Å²) in [5.74, 6) is 0. The molecule has 0 spiro atoms. The third kappa shape index (κ3) is 1.98. The first-order valence-electron chi connectivity index (χ1n) is 6.22. The van der Waals surface area contributed by atoms with E-state index in [2.05, 4.69) is 41.3 Å². The first kappa shape index (κ1) is 12.1. The zero-order valence-electron chi connectivity index (χ0n) is 11.2. The molecule has 1 N–H and O–H groups in total. The predicted molar refractivity (Wildman–Crippen MR) is 80.0 cm³/mol. The van der Waals surface area contributed by atoms with Crippen LogP contribution in [-0.4, -0.2) is 14.6 Å². The van der Waals surface area contributed by atoms with Crippen LogP contribution in [0.4, 0.5) is 0 Å². The molecule has 0 saturated heterocycles. The van der Waals surface area contributed by atoms with Gasteiger partial charge in [0.15, 0.2) is 5.65 Å². The Morgan fingerprint density at radius 2 is 1.79 bits per heavy atom. The average molecular weight is 269 g/mol. The maximum Gasteiger partial charge on any atom is 0.155 e. The summed E-state index contributed by atoms with van der Waals surface area (Å²) in [4.78, 5) is 4.56. The lowest BCUT2D eigenvalue weighted by Crippen LogP contribution is -1.98. The molecule has 0 aliphatic rings. The molecule has 0 aliphatic heterocycles. The molecule has 3 aromatic rings. The molecule has 0 fully saturated rings. The summed E-state index contributed by atoms with van der Waals surface area (Å²) in [6.45, 7) is 6.08. The summed E-state index contributed by atoms with van der Waals surface area (Å²) in [7, 11) is 0. The summed E-state index contributed by atoms with van der Waals surface area (Å²) < 4.78 is 2.66. The lowest BCUT2D eigenvalue weighted by atomic mass is 10.1. The summed E-state index contributed by atoms with van der Waals surface area (Å²) in [5, 5.41) is 3.32. The molecule has 2 heterocycles. The number of aromatic nitrogens is 3. The van der Waals surface area contributed by atoms with E-state index in [-0.39, 0.29) is 0 Å². The van der Waals surface area contributed by atoms with Gasteiger partial charge in [0.2, 0.25) is 0 Å². The SMILES string of the molecule is Cc1ccc(-c2cc3nc(C)c(C)c(=S)n3[nH]2)cc1. The molecule has 0 amide bonds. The van der Waals surface area contributed by atoms with Crippen LogP contribution in [0.5, 0.6) is 0 Å². The molecule has 1 aromatic carbocycles. The molecule has 0 saturated carbocycles. The van der Waals surface area contributed by atoms with Crippen molar-refractivity contribution in [3.05, 3.63) is 51.8 Å². The predicted octanol–water partition coefficient (Wildman–Crippen LogP) is 3.98. The summed E-state index contributed by atoms with van der Waals surface area (Å²) in [5.41, 5.74) is 6.32. The Bertz CT molecular complexity index is 810. The van der Waals surface area contributed by atoms with Gasteiger partial charge in [-0.1, -0.05) is 42.0 Å². The number of fused-ring (bicyclic) bond motifs is 1. The Morgan fingerprint density at radius 1 is 1.11 bits per heavy atom. The minimum Gasteiger partial charge on any atom is -0.291 e. The maximum absolute atomic E-state index is 5.46. The highest BCUT2D eigenvalue weighted by Gasteiger charge is 2.07. The van der Waals surface area contributed by atoms with Crippen molar-refractivity contribution in [2.75, 3.05) is 0 Å². The van der Waals surface area contributed by atoms with Crippen molar-refractivity contribution in [2.45, 2.75) is 20.8 Å². The monoisotopic (exact) mass is 269 g/mol. The van der Waals surface area contributed by atoms with E-state index >= 15 is 0 Å². The molecule has 0 aliphatic carbocycles. The highest BCUT2D eigenvalue weighted by molar-refractivity contribution is 7.71. The van der Waals surface area contributed by atoms with Gasteiger partial charge in [0, 0.05) is 17.3 Å². The lowest BCUT2D eigenvalue weighted by Gasteiger charge is -2.01. The zero-order chi connectivity index (χ0) is 13.6. The number of nitrogens with zero attached hydrogens (tertiary/aromatic N) is 2. The van der Waals surface area contributed by atoms with Crippen molar-refractivity contribution >= 4 is 17.9 Å². The first-order valence-corrected chi connectivity index (χ1v) is 6.63. The number of aryl methyl sites for hydroxylation is 2. The second kappa shape index (κ2) is 4.31. The fourth-order valence-electron chi connectivity index (χ4n) is 2.10. The minimum absolute atomic E-state index is 0.792. The standard InChI is InChI=1S/C15H15N3S/c1-9-4-6-12(7-5-9)13-8-14-16-11(3)10(2)15(19)18(14)17-13/h4-8,17H,1-3H3. The number of aromatic amines is 1. The molecule has 19 heavy (non-hydrogen) atoms. The van der Waals surface area contributed by atoms with Crippen molar-refractivity contribution in [1.82, 2.24) is 14.6 Å². The zero-order valence-corrected chi connectivity index (χ0v) is 12.0. The topological polar surface area (TPSA) is 33.1 Å². The second-order valence-electron chi connectivity index (χ2n) is 4.86. The van der Waals surface area contributed by atoms with Gasteiger partial charge in [0.25, 0.3) is 0 Å². The normalized spacial score (nSPS) is 11.1. The first-order chi connectivity index (χ1) is 9.06. The van der Waals surface area contributed by atoms with Gasteiger partial charge in [-0.15, -0.1) is 0 Å². The van der Waals surface area contributed by atoms with Gasteiger partial charge in [-0.2, -0.15) is 0 Å². The summed E-state index contributed by atoms with van der Waals surface area (Å²) >= 11 is 5.46. The Morgan fingerprint density at radius 3 is 2.47 bits per heavy atom. The third-order valence-electron chi connectivity index (χ3n) is 3.45. The van der Waals surface area contributed by atoms with Gasteiger partial charge in [-0.05, 0) is 26.3 Å². The van der Waals surface area contributed by atoms with E-state index in [1.54, 1.807) is 0 Å². The Hall–Kier alpha value is -1.94. The van der Waals surface area contributed by atoms with Crippen molar-refractivity contribution in [3.8, 4) is 11.3 Å². The van der Waals surface area contributed by atoms with E-state index < -0.39 is 0 Å². The quantitative estimate of drug-likeness (QED) is 0.678. The Labute approximate surface area is 116 Å². The van der Waals surface area contributed by atoms with Crippen LogP contribution in [0.3, 0.4) is 0 Å². The molecule has 2 aromatic heterocycles. The van der Waals surface area contributed by atoms with Crippen molar-refractivity contribution < 1.29 is 0 Å². The highest BCUT2D eigenvalue weighted by Crippen LogP contribution is 2.20. The number of H-pyrrole nitrogens is 1. The van der Waals surface area contributed by atoms with E-state index in [9.17, 15) is 0 Å². The van der Waals surface area contributed by atoms with Crippen LogP contribution in [0.2, 0.25) is 0 Å². The molecule has 0 atom stereocenters. The number of hydrogen-bond donors (Lipinski definition) is 1. The van der Waals surface area contributed by atoms with E-state index in [4.69, 9.17) is 12.2 Å². The minimum atomic E-state index is 0.792. The lowest BCUT2D eigenvalue weighted by molar-refractivity contribution is 0.903. The van der Waals surface area contributed by atoms with Crippen LogP contribution in [0, 0.1) is 25.4 Å². The molecule has 96 valence electrons. The molecule has 4 heteroatoms. The fourth-order valence-corrected chi connectivity index (χ4v) is 2.39. The Kier molecular flexibility index (Phi) is 2.75. The van der Waals surface area contributed by atoms with E-state index in [1.165, 1.54) is 5.56 Å². The fraction of sp³-hybridized carbons (Fsp3) is 0.200. The van der Waals surface area contributed by atoms with E-state index in [0.29, 0.717) is 0 Å². The molecule has 3 nitrogen and oxygen atoms in total. The van der Waals surface area contributed by atoms with Gasteiger partial charge in [0.1, 0.15) is 4.64 Å². The van der Waals surface area contributed by atoms with Crippen LogP contribution in [0.15, 0.2) is 30.3 Å². The van der Waals surface area contributed by atoms with Gasteiger partial charge >= 0.3 is 0 Å². The summed E-state index contributed by atoms with van der Waals surface area (Å²) in [6, 6.07) is 10.4. The van der Waals surface area contributed by atoms with Crippen LogP contribution in [0.1, 0.15) is 16.8 Å². The van der Waals surface area contributed by atoms with Crippen molar-refractivity contribution in [2.24, 2.45) is 0 Å². The molecule has 3 rings (SSSR count). The molecule has 0 radical (unpaired) electrons. The number of hydrogen-bond acceptors (Lipinski definition) is 2. The smallest absolute Gasteiger partial charge is 0.155 e. The molecular weight excluding hydrogens is 254 g/mol. The van der Waals surface area contributed by atoms with Crippen LogP contribution >= 0.6 is 12.2 Å². The van der Waals surface area contributed by atoms with Crippen molar-refractivity contribution in [1.29, 1.82) is 0 Å². The van der Waals surface area contributed by atoms with Gasteiger partial charge in [-0.3, -0.25) is 5.10 Å². The second-order valence-corrected chi connectivity index (χ2v) is 5.24. The maximum atomic E-state index is 5.46. The van der Waals surface area contributed by atoms with Gasteiger partial charge in [-0.25, -0.2) is 9.50 Å². The van der Waals surface area contributed by atoms with Gasteiger partial charge < -0.3 is 0 Å². The number of nitrogens with one attached hydrogen (secondary N) is 1. The number of benzene rings is 1. The van der Waals surface area contributed by atoms with Crippen LogP contribution in [0.25, 0.3) is 16.9 Å². The van der Waals surface area contributed by atoms with Crippen molar-refractivity contribution in [3.63, 3.8) is 0 Å². The molecule has 0 bridgehead atoms. The van der Waals surface area contributed by atoms with Crippen LogP contribution < -0.4 is 0 Å². The highest BCUT2D eigenvalue weighted by atomic mass is 32.1.